The van der Waals surface area contributed by atoms with Crippen LogP contribution in [-0.2, 0) is 0 Å². The quantitative estimate of drug-likeness (QED) is 0.539. The molecule has 0 aliphatic rings. The maximum atomic E-state index is 9.85. The molecule has 6 nitrogen and oxygen atoms in total. The Hall–Kier alpha value is -1.11. The topological polar surface area (TPSA) is 107 Å². The van der Waals surface area contributed by atoms with Crippen molar-refractivity contribution in [3.05, 3.63) is 23.0 Å². The van der Waals surface area contributed by atoms with Crippen molar-refractivity contribution >= 4 is 0 Å². The summed E-state index contributed by atoms with van der Waals surface area (Å²) in [6, 6.07) is 0. The van der Waals surface area contributed by atoms with E-state index in [4.69, 9.17) is 10.2 Å². The summed E-state index contributed by atoms with van der Waals surface area (Å²) in [6.07, 6.45) is 6.17. The van der Waals surface area contributed by atoms with E-state index < -0.39 is 11.4 Å². The van der Waals surface area contributed by atoms with Gasteiger partial charge in [-0.05, 0) is 6.42 Å². The van der Waals surface area contributed by atoms with Crippen molar-refractivity contribution in [1.82, 2.24) is 4.98 Å². The van der Waals surface area contributed by atoms with Gasteiger partial charge in [0.1, 0.15) is 11.9 Å². The second kappa shape index (κ2) is 8.98. The van der Waals surface area contributed by atoms with E-state index in [9.17, 15) is 9.90 Å². The molecule has 0 atom stereocenters. The SMILES string of the molecule is CCCCCC(O)(CO)CO.O=c1[nH]cco1. The first-order chi connectivity index (χ1) is 8.08. The van der Waals surface area contributed by atoms with Gasteiger partial charge in [0.15, 0.2) is 0 Å². The maximum Gasteiger partial charge on any atom is 0.416 e. The Bertz CT molecular complexity index is 299. The van der Waals surface area contributed by atoms with Crippen molar-refractivity contribution in [2.75, 3.05) is 13.2 Å². The summed E-state index contributed by atoms with van der Waals surface area (Å²) in [5.74, 6) is -0.407. The zero-order chi connectivity index (χ0) is 13.1. The van der Waals surface area contributed by atoms with E-state index in [1.54, 1.807) is 0 Å². The molecule has 0 fully saturated rings. The first kappa shape index (κ1) is 15.9. The summed E-state index contributed by atoms with van der Waals surface area (Å²) in [5, 5.41) is 26.7. The van der Waals surface area contributed by atoms with E-state index in [-0.39, 0.29) is 13.2 Å². The van der Waals surface area contributed by atoms with Crippen LogP contribution >= 0.6 is 0 Å². The summed E-state index contributed by atoms with van der Waals surface area (Å²) in [5.41, 5.74) is -1.25. The highest BCUT2D eigenvalue weighted by Crippen LogP contribution is 2.13. The molecular weight excluding hydrogens is 226 g/mol. The highest BCUT2D eigenvalue weighted by molar-refractivity contribution is 4.75. The summed E-state index contributed by atoms with van der Waals surface area (Å²) in [4.78, 5) is 12.1. The lowest BCUT2D eigenvalue weighted by molar-refractivity contribution is -0.0615. The molecule has 1 heterocycles. The van der Waals surface area contributed by atoms with Crippen LogP contribution in [0.25, 0.3) is 0 Å². The lowest BCUT2D eigenvalue weighted by atomic mass is 9.98. The van der Waals surface area contributed by atoms with Gasteiger partial charge in [-0.3, -0.25) is 4.98 Å². The van der Waals surface area contributed by atoms with E-state index in [0.29, 0.717) is 6.42 Å². The Morgan fingerprint density at radius 3 is 2.29 bits per heavy atom. The Morgan fingerprint density at radius 1 is 1.35 bits per heavy atom. The number of hydrogen-bond acceptors (Lipinski definition) is 5. The number of aromatic nitrogens is 1. The van der Waals surface area contributed by atoms with Crippen molar-refractivity contribution in [3.63, 3.8) is 0 Å². The van der Waals surface area contributed by atoms with Crippen LogP contribution in [0.15, 0.2) is 21.7 Å². The number of H-pyrrole nitrogens is 1. The summed E-state index contributed by atoms with van der Waals surface area (Å²) >= 11 is 0. The molecule has 100 valence electrons. The van der Waals surface area contributed by atoms with Crippen LogP contribution in [-0.4, -0.2) is 39.1 Å². The fourth-order valence-corrected chi connectivity index (χ4v) is 1.14. The van der Waals surface area contributed by atoms with Crippen LogP contribution in [0.3, 0.4) is 0 Å². The molecule has 4 N–H and O–H groups in total. The molecule has 6 heteroatoms. The highest BCUT2D eigenvalue weighted by atomic mass is 16.4. The maximum absolute atomic E-state index is 9.85. The van der Waals surface area contributed by atoms with Gasteiger partial charge in [-0.1, -0.05) is 26.2 Å². The number of oxazole rings is 1. The molecule has 0 spiro atoms. The lowest BCUT2D eigenvalue weighted by Crippen LogP contribution is -2.37. The molecule has 0 unspecified atom stereocenters. The van der Waals surface area contributed by atoms with E-state index in [1.807, 2.05) is 0 Å². The third kappa shape index (κ3) is 7.73. The van der Waals surface area contributed by atoms with E-state index in [1.165, 1.54) is 12.5 Å². The Morgan fingerprint density at radius 2 is 2.00 bits per heavy atom. The number of aromatic amines is 1. The van der Waals surface area contributed by atoms with Crippen molar-refractivity contribution in [2.24, 2.45) is 0 Å². The predicted molar refractivity (Wildman–Crippen MR) is 62.6 cm³/mol. The molecule has 0 bridgehead atoms. The smallest absolute Gasteiger partial charge is 0.416 e. The number of unbranched alkanes of at least 4 members (excludes halogenated alkanes) is 2. The number of aliphatic hydroxyl groups excluding tert-OH is 2. The minimum atomic E-state index is -1.25. The second-order valence-corrected chi connectivity index (χ2v) is 3.85. The number of aliphatic hydroxyl groups is 3. The molecule has 1 rings (SSSR count). The van der Waals surface area contributed by atoms with E-state index in [2.05, 4.69) is 16.3 Å². The molecule has 0 saturated carbocycles. The summed E-state index contributed by atoms with van der Waals surface area (Å²) in [6.45, 7) is 1.36. The molecule has 0 saturated heterocycles. The minimum Gasteiger partial charge on any atom is -0.417 e. The fourth-order valence-electron chi connectivity index (χ4n) is 1.14. The molecular formula is C11H21NO5. The van der Waals surface area contributed by atoms with Gasteiger partial charge in [0.05, 0.1) is 13.2 Å². The van der Waals surface area contributed by atoms with Crippen molar-refractivity contribution in [2.45, 2.75) is 38.2 Å². The van der Waals surface area contributed by atoms with Gasteiger partial charge < -0.3 is 19.7 Å². The first-order valence-electron chi connectivity index (χ1n) is 5.64. The molecule has 1 aromatic rings. The van der Waals surface area contributed by atoms with Gasteiger partial charge in [0.2, 0.25) is 0 Å². The average Bonchev–Trinajstić information content (AvgIpc) is 2.81. The fraction of sp³-hybridized carbons (Fsp3) is 0.727. The van der Waals surface area contributed by atoms with Gasteiger partial charge in [0, 0.05) is 6.20 Å². The predicted octanol–water partition coefficient (Wildman–Crippen LogP) is 0.250. The first-order valence-corrected chi connectivity index (χ1v) is 5.64. The number of hydrogen-bond donors (Lipinski definition) is 4. The number of rotatable bonds is 6. The van der Waals surface area contributed by atoms with Gasteiger partial charge in [0.25, 0.3) is 0 Å². The van der Waals surface area contributed by atoms with Crippen LogP contribution in [0, 0.1) is 0 Å². The standard InChI is InChI=1S/C8H18O3.C3H3NO2/c1-2-3-4-5-8(11,6-9)7-10;5-3-4-1-2-6-3/h9-11H,2-7H2,1H3;1-2H,(H,4,5). The van der Waals surface area contributed by atoms with Crippen LogP contribution in [0.2, 0.25) is 0 Å². The molecule has 1 aromatic heterocycles. The van der Waals surface area contributed by atoms with Gasteiger partial charge >= 0.3 is 5.76 Å². The molecule has 0 radical (unpaired) electrons. The van der Waals surface area contributed by atoms with E-state index in [0.717, 1.165) is 19.3 Å². The van der Waals surface area contributed by atoms with E-state index >= 15 is 0 Å². The van der Waals surface area contributed by atoms with Crippen LogP contribution in [0.4, 0.5) is 0 Å². The van der Waals surface area contributed by atoms with Crippen molar-refractivity contribution < 1.29 is 19.7 Å². The van der Waals surface area contributed by atoms with Crippen LogP contribution in [0.5, 0.6) is 0 Å². The highest BCUT2D eigenvalue weighted by Gasteiger charge is 2.23. The van der Waals surface area contributed by atoms with Gasteiger partial charge in [-0.15, -0.1) is 0 Å². The Balaban J connectivity index is 0.000000354. The number of nitrogens with one attached hydrogen (secondary N) is 1. The zero-order valence-corrected chi connectivity index (χ0v) is 10.1. The second-order valence-electron chi connectivity index (χ2n) is 3.85. The largest absolute Gasteiger partial charge is 0.417 e. The molecule has 17 heavy (non-hydrogen) atoms. The Labute approximate surface area is 99.9 Å². The monoisotopic (exact) mass is 247 g/mol. The normalized spacial score (nSPS) is 10.8. The lowest BCUT2D eigenvalue weighted by Gasteiger charge is -2.22. The third-order valence-corrected chi connectivity index (χ3v) is 2.28. The van der Waals surface area contributed by atoms with Crippen molar-refractivity contribution in [3.8, 4) is 0 Å². The Kier molecular flexibility index (Phi) is 8.39. The molecule has 0 aliphatic heterocycles. The molecule has 0 aromatic carbocycles. The zero-order valence-electron chi connectivity index (χ0n) is 10.1. The third-order valence-electron chi connectivity index (χ3n) is 2.28. The average molecular weight is 247 g/mol. The summed E-state index contributed by atoms with van der Waals surface area (Å²) < 4.78 is 4.22. The van der Waals surface area contributed by atoms with Gasteiger partial charge in [-0.2, -0.15) is 0 Å². The molecule has 0 aliphatic carbocycles. The molecule has 0 amide bonds. The van der Waals surface area contributed by atoms with Gasteiger partial charge in [-0.25, -0.2) is 4.79 Å². The minimum absolute atomic E-state index is 0.354. The van der Waals surface area contributed by atoms with Crippen molar-refractivity contribution in [1.29, 1.82) is 0 Å². The van der Waals surface area contributed by atoms with Crippen LogP contribution in [0.1, 0.15) is 32.6 Å². The summed E-state index contributed by atoms with van der Waals surface area (Å²) in [7, 11) is 0. The van der Waals surface area contributed by atoms with Crippen LogP contribution < -0.4 is 5.76 Å².